The molecule has 0 amide bonds. The topological polar surface area (TPSA) is 65.3 Å². The van der Waals surface area contributed by atoms with Gasteiger partial charge in [0, 0.05) is 24.0 Å². The summed E-state index contributed by atoms with van der Waals surface area (Å²) in [5, 5.41) is 9.04. The molecular weight excluding hydrogens is 418 g/mol. The molecule has 32 heavy (non-hydrogen) atoms. The third-order valence-corrected chi connectivity index (χ3v) is 6.56. The number of hydrogen-bond donors (Lipinski definition) is 0. The summed E-state index contributed by atoms with van der Waals surface area (Å²) in [4.78, 5) is 15.8. The lowest BCUT2D eigenvalue weighted by Crippen LogP contribution is -2.32. The highest BCUT2D eigenvalue weighted by atomic mass is 32.2. The first-order valence-electron chi connectivity index (χ1n) is 10.7. The first-order chi connectivity index (χ1) is 15.5. The standard InChI is InChI=1S/C25H27N5OS/c1-18-5-4-6-20(13-18)17-31-24-23(32-22-9-7-19(14-26)8-10-22)15-27-25(28-24)30-12-11-21(16-30)29(2)3/h4-10,13,15,21H,11-12,16-17H2,1-3H3/t21-/m1/s1. The first kappa shape index (κ1) is 22.1. The number of hydrogen-bond acceptors (Lipinski definition) is 7. The van der Waals surface area contributed by atoms with E-state index in [4.69, 9.17) is 15.0 Å². The van der Waals surface area contributed by atoms with Crippen molar-refractivity contribution in [2.24, 2.45) is 0 Å². The van der Waals surface area contributed by atoms with Crippen LogP contribution in [-0.4, -0.2) is 48.1 Å². The fourth-order valence-electron chi connectivity index (χ4n) is 3.70. The Morgan fingerprint density at radius 3 is 2.72 bits per heavy atom. The minimum atomic E-state index is 0.444. The average Bonchev–Trinajstić information content (AvgIpc) is 3.30. The molecule has 1 atom stereocenters. The fourth-order valence-corrected chi connectivity index (χ4v) is 4.52. The fraction of sp³-hybridized carbons (Fsp3) is 0.320. The number of aryl methyl sites for hydroxylation is 1. The average molecular weight is 446 g/mol. The van der Waals surface area contributed by atoms with Crippen LogP contribution in [0.15, 0.2) is 64.5 Å². The van der Waals surface area contributed by atoms with Gasteiger partial charge >= 0.3 is 0 Å². The van der Waals surface area contributed by atoms with Crippen molar-refractivity contribution >= 4 is 17.7 Å². The summed E-state index contributed by atoms with van der Waals surface area (Å²) < 4.78 is 6.21. The zero-order valence-corrected chi connectivity index (χ0v) is 19.5. The van der Waals surface area contributed by atoms with Gasteiger partial charge in [0.15, 0.2) is 0 Å². The molecule has 1 aliphatic rings. The normalized spacial score (nSPS) is 15.7. The van der Waals surface area contributed by atoms with E-state index in [1.54, 1.807) is 11.8 Å². The highest BCUT2D eigenvalue weighted by Gasteiger charge is 2.26. The van der Waals surface area contributed by atoms with Gasteiger partial charge in [-0.25, -0.2) is 4.98 Å². The summed E-state index contributed by atoms with van der Waals surface area (Å²) in [6, 6.07) is 18.5. The molecule has 0 saturated carbocycles. The highest BCUT2D eigenvalue weighted by Crippen LogP contribution is 2.35. The zero-order valence-electron chi connectivity index (χ0n) is 18.7. The Labute approximate surface area is 193 Å². The molecule has 0 spiro atoms. The molecule has 7 heteroatoms. The number of nitriles is 1. The molecule has 1 aliphatic heterocycles. The van der Waals surface area contributed by atoms with Gasteiger partial charge in [0.1, 0.15) is 6.61 Å². The van der Waals surface area contributed by atoms with E-state index in [-0.39, 0.29) is 0 Å². The van der Waals surface area contributed by atoms with Crippen LogP contribution in [0.2, 0.25) is 0 Å². The Kier molecular flexibility index (Phi) is 6.93. The van der Waals surface area contributed by atoms with Gasteiger partial charge in [0.2, 0.25) is 11.8 Å². The van der Waals surface area contributed by atoms with Crippen LogP contribution < -0.4 is 9.64 Å². The van der Waals surface area contributed by atoms with E-state index in [1.165, 1.54) is 5.56 Å². The quantitative estimate of drug-likeness (QED) is 0.529. The third kappa shape index (κ3) is 5.39. The van der Waals surface area contributed by atoms with Gasteiger partial charge in [-0.15, -0.1) is 0 Å². The van der Waals surface area contributed by atoms with Gasteiger partial charge < -0.3 is 14.5 Å². The number of benzene rings is 2. The van der Waals surface area contributed by atoms with Crippen molar-refractivity contribution in [3.05, 3.63) is 71.4 Å². The SMILES string of the molecule is Cc1cccc(COc2nc(N3CC[C@@H](N(C)C)C3)ncc2Sc2ccc(C#N)cc2)c1. The largest absolute Gasteiger partial charge is 0.472 e. The molecule has 0 radical (unpaired) electrons. The number of aromatic nitrogens is 2. The number of likely N-dealkylation sites (N-methyl/N-ethyl adjacent to an activating group) is 1. The molecule has 1 aromatic heterocycles. The predicted octanol–water partition coefficient (Wildman–Crippen LogP) is 4.53. The Morgan fingerprint density at radius 2 is 2.03 bits per heavy atom. The maximum Gasteiger partial charge on any atom is 0.232 e. The second-order valence-corrected chi connectivity index (χ2v) is 9.32. The Balaban J connectivity index is 1.58. The van der Waals surface area contributed by atoms with E-state index in [9.17, 15) is 0 Å². The summed E-state index contributed by atoms with van der Waals surface area (Å²) in [6.07, 6.45) is 2.94. The van der Waals surface area contributed by atoms with Crippen LogP contribution in [0.1, 0.15) is 23.1 Å². The van der Waals surface area contributed by atoms with Crippen LogP contribution in [0.3, 0.4) is 0 Å². The molecule has 0 N–H and O–H groups in total. The Hall–Kier alpha value is -3.08. The van der Waals surface area contributed by atoms with E-state index in [0.29, 0.717) is 30.0 Å². The van der Waals surface area contributed by atoms with Crippen molar-refractivity contribution in [1.29, 1.82) is 5.26 Å². The van der Waals surface area contributed by atoms with E-state index in [0.717, 1.165) is 34.9 Å². The van der Waals surface area contributed by atoms with Crippen molar-refractivity contribution in [2.45, 2.75) is 35.8 Å². The van der Waals surface area contributed by atoms with Crippen LogP contribution in [0.5, 0.6) is 5.88 Å². The molecule has 4 rings (SSSR count). The van der Waals surface area contributed by atoms with E-state index in [1.807, 2.05) is 36.5 Å². The molecule has 3 aromatic rings. The molecule has 1 saturated heterocycles. The van der Waals surface area contributed by atoms with Crippen LogP contribution in [0, 0.1) is 18.3 Å². The summed E-state index contributed by atoms with van der Waals surface area (Å²) in [5.74, 6) is 1.29. The van der Waals surface area contributed by atoms with Gasteiger partial charge in [-0.3, -0.25) is 0 Å². The summed E-state index contributed by atoms with van der Waals surface area (Å²) in [5.41, 5.74) is 2.95. The number of anilines is 1. The smallest absolute Gasteiger partial charge is 0.232 e. The molecule has 1 fully saturated rings. The minimum Gasteiger partial charge on any atom is -0.472 e. The van der Waals surface area contributed by atoms with Crippen molar-refractivity contribution in [3.63, 3.8) is 0 Å². The van der Waals surface area contributed by atoms with Crippen LogP contribution in [0.4, 0.5) is 5.95 Å². The first-order valence-corrected chi connectivity index (χ1v) is 11.5. The van der Waals surface area contributed by atoms with E-state index >= 15 is 0 Å². The van der Waals surface area contributed by atoms with Crippen LogP contribution >= 0.6 is 11.8 Å². The van der Waals surface area contributed by atoms with Gasteiger partial charge in [-0.2, -0.15) is 10.2 Å². The zero-order chi connectivity index (χ0) is 22.5. The van der Waals surface area contributed by atoms with E-state index < -0.39 is 0 Å². The monoisotopic (exact) mass is 445 g/mol. The second-order valence-electron chi connectivity index (χ2n) is 8.21. The maximum atomic E-state index is 9.04. The van der Waals surface area contributed by atoms with Gasteiger partial charge in [-0.1, -0.05) is 41.6 Å². The molecule has 2 heterocycles. The van der Waals surface area contributed by atoms with Crippen molar-refractivity contribution in [2.75, 3.05) is 32.1 Å². The van der Waals surface area contributed by atoms with Gasteiger partial charge in [0.25, 0.3) is 0 Å². The number of ether oxygens (including phenoxy) is 1. The van der Waals surface area contributed by atoms with Crippen molar-refractivity contribution in [1.82, 2.24) is 14.9 Å². The minimum absolute atomic E-state index is 0.444. The van der Waals surface area contributed by atoms with Crippen molar-refractivity contribution in [3.8, 4) is 11.9 Å². The van der Waals surface area contributed by atoms with Crippen LogP contribution in [-0.2, 0) is 6.61 Å². The molecule has 0 bridgehead atoms. The second kappa shape index (κ2) is 10.0. The number of rotatable bonds is 7. The number of nitrogens with zero attached hydrogens (tertiary/aromatic N) is 5. The van der Waals surface area contributed by atoms with Crippen LogP contribution in [0.25, 0.3) is 0 Å². The molecule has 0 unspecified atom stereocenters. The van der Waals surface area contributed by atoms with Gasteiger partial charge in [-0.05, 0) is 57.3 Å². The van der Waals surface area contributed by atoms with Gasteiger partial charge in [0.05, 0.1) is 22.7 Å². The Bertz CT molecular complexity index is 1110. The summed E-state index contributed by atoms with van der Waals surface area (Å²) >= 11 is 1.54. The molecule has 164 valence electrons. The summed E-state index contributed by atoms with van der Waals surface area (Å²) in [6.45, 7) is 4.36. The lowest BCUT2D eigenvalue weighted by Gasteiger charge is -2.21. The predicted molar refractivity (Wildman–Crippen MR) is 127 cm³/mol. The molecule has 2 aromatic carbocycles. The molecular formula is C25H27N5OS. The lowest BCUT2D eigenvalue weighted by atomic mass is 10.1. The summed E-state index contributed by atoms with van der Waals surface area (Å²) in [7, 11) is 4.23. The van der Waals surface area contributed by atoms with E-state index in [2.05, 4.69) is 60.1 Å². The van der Waals surface area contributed by atoms with Crippen molar-refractivity contribution < 1.29 is 4.74 Å². The molecule has 0 aliphatic carbocycles. The maximum absolute atomic E-state index is 9.04. The highest BCUT2D eigenvalue weighted by molar-refractivity contribution is 7.99. The molecule has 6 nitrogen and oxygen atoms in total. The lowest BCUT2D eigenvalue weighted by molar-refractivity contribution is 0.285. The third-order valence-electron chi connectivity index (χ3n) is 5.56. The Morgan fingerprint density at radius 1 is 1.22 bits per heavy atom.